The first kappa shape index (κ1) is 11.7. The fraction of sp³-hybridized carbons (Fsp3) is 0.714. The Labute approximate surface area is 73.0 Å². The molecule has 6 heteroatoms. The number of rotatable bonds is 3. The van der Waals surface area contributed by atoms with Crippen molar-refractivity contribution >= 4 is 0 Å². The number of hydrogen-bond acceptors (Lipinski definition) is 3. The molecule has 0 rings (SSSR count). The maximum Gasteiger partial charge on any atom is 0.389 e. The molecule has 13 heavy (non-hydrogen) atoms. The van der Waals surface area contributed by atoms with Gasteiger partial charge >= 0.3 is 6.18 Å². The van der Waals surface area contributed by atoms with Gasteiger partial charge in [0.1, 0.15) is 0 Å². The van der Waals surface area contributed by atoms with Crippen LogP contribution in [0.25, 0.3) is 0 Å². The molecule has 0 spiro atoms. The fourth-order valence-corrected chi connectivity index (χ4v) is 0.663. The smallest absolute Gasteiger partial charge is 0.374 e. The van der Waals surface area contributed by atoms with Crippen LogP contribution in [0.15, 0.2) is 0 Å². The number of nitrogens with zero attached hydrogens (tertiary/aromatic N) is 2. The van der Waals surface area contributed by atoms with Crippen molar-refractivity contribution in [2.75, 3.05) is 0 Å². The molecule has 0 aliphatic rings. The second kappa shape index (κ2) is 4.11. The lowest BCUT2D eigenvalue weighted by molar-refractivity contribution is -0.143. The average Bonchev–Trinajstić information content (AvgIpc) is 2.01. The van der Waals surface area contributed by atoms with Gasteiger partial charge in [0, 0.05) is 6.42 Å². The van der Waals surface area contributed by atoms with Gasteiger partial charge in [-0.05, 0) is 6.42 Å². The number of aliphatic hydroxyl groups is 1. The molecule has 1 unspecified atom stereocenters. The molecule has 0 aliphatic carbocycles. The van der Waals surface area contributed by atoms with Crippen LogP contribution in [0.1, 0.15) is 19.3 Å². The molecule has 0 saturated carbocycles. The van der Waals surface area contributed by atoms with Gasteiger partial charge in [0.05, 0.1) is 18.6 Å². The van der Waals surface area contributed by atoms with Gasteiger partial charge in [0.25, 0.3) is 0 Å². The highest BCUT2D eigenvalue weighted by Crippen LogP contribution is 2.26. The molecule has 0 saturated heterocycles. The fourth-order valence-electron chi connectivity index (χ4n) is 0.663. The van der Waals surface area contributed by atoms with Gasteiger partial charge in [-0.1, -0.05) is 0 Å². The van der Waals surface area contributed by atoms with Gasteiger partial charge in [-0.3, -0.25) is 0 Å². The molecular formula is C7H7F3N2O. The molecule has 0 radical (unpaired) electrons. The summed E-state index contributed by atoms with van der Waals surface area (Å²) >= 11 is 0. The Morgan fingerprint density at radius 2 is 1.69 bits per heavy atom. The highest BCUT2D eigenvalue weighted by atomic mass is 19.4. The van der Waals surface area contributed by atoms with E-state index in [-0.39, 0.29) is 0 Å². The number of alkyl halides is 3. The van der Waals surface area contributed by atoms with Crippen molar-refractivity contribution < 1.29 is 18.3 Å². The predicted octanol–water partition coefficient (Wildman–Crippen LogP) is 1.50. The summed E-state index contributed by atoms with van der Waals surface area (Å²) in [6, 6.07) is 2.74. The van der Waals surface area contributed by atoms with Crippen LogP contribution in [0.4, 0.5) is 13.2 Å². The van der Waals surface area contributed by atoms with E-state index in [4.69, 9.17) is 15.6 Å². The van der Waals surface area contributed by atoms with Crippen LogP contribution in [-0.4, -0.2) is 16.9 Å². The van der Waals surface area contributed by atoms with Gasteiger partial charge in [-0.15, -0.1) is 0 Å². The zero-order chi connectivity index (χ0) is 10.5. The Morgan fingerprint density at radius 1 is 1.15 bits per heavy atom. The summed E-state index contributed by atoms with van der Waals surface area (Å²) < 4.78 is 35.0. The number of nitriles is 2. The van der Waals surface area contributed by atoms with Crippen LogP contribution in [0.3, 0.4) is 0 Å². The van der Waals surface area contributed by atoms with E-state index < -0.39 is 31.0 Å². The van der Waals surface area contributed by atoms with Crippen LogP contribution in [-0.2, 0) is 0 Å². The van der Waals surface area contributed by atoms with Crippen molar-refractivity contribution in [1.29, 1.82) is 10.5 Å². The van der Waals surface area contributed by atoms with Gasteiger partial charge in [0.15, 0.2) is 5.60 Å². The Balaban J connectivity index is 4.17. The maximum atomic E-state index is 11.7. The first-order valence-electron chi connectivity index (χ1n) is 3.40. The van der Waals surface area contributed by atoms with Crippen molar-refractivity contribution in [3.05, 3.63) is 0 Å². The average molecular weight is 192 g/mol. The van der Waals surface area contributed by atoms with E-state index in [1.54, 1.807) is 0 Å². The first-order chi connectivity index (χ1) is 5.83. The van der Waals surface area contributed by atoms with Crippen molar-refractivity contribution in [3.8, 4) is 12.1 Å². The summed E-state index contributed by atoms with van der Waals surface area (Å²) in [5.74, 6) is 0. The summed E-state index contributed by atoms with van der Waals surface area (Å²) in [5.41, 5.74) is -2.18. The Morgan fingerprint density at radius 3 is 2.00 bits per heavy atom. The van der Waals surface area contributed by atoms with Crippen LogP contribution >= 0.6 is 0 Å². The molecule has 72 valence electrons. The Kier molecular flexibility index (Phi) is 3.70. The molecule has 0 aliphatic heterocycles. The van der Waals surface area contributed by atoms with E-state index in [9.17, 15) is 13.2 Å². The van der Waals surface area contributed by atoms with Crippen molar-refractivity contribution in [1.82, 2.24) is 0 Å². The summed E-state index contributed by atoms with van der Waals surface area (Å²) in [4.78, 5) is 0. The second-order valence-electron chi connectivity index (χ2n) is 2.59. The molecule has 0 aromatic carbocycles. The lowest BCUT2D eigenvalue weighted by Gasteiger charge is -2.17. The summed E-state index contributed by atoms with van der Waals surface area (Å²) in [7, 11) is 0. The third-order valence-corrected chi connectivity index (χ3v) is 1.40. The van der Waals surface area contributed by atoms with E-state index in [0.717, 1.165) is 0 Å². The molecule has 1 atom stereocenters. The van der Waals surface area contributed by atoms with Gasteiger partial charge < -0.3 is 5.11 Å². The third kappa shape index (κ3) is 5.05. The lowest BCUT2D eigenvalue weighted by Crippen LogP contribution is -2.28. The SMILES string of the molecule is N#CCC(O)(C#N)CCC(F)(F)F. The second-order valence-corrected chi connectivity index (χ2v) is 2.59. The maximum absolute atomic E-state index is 11.7. The minimum absolute atomic E-state index is 0.612. The third-order valence-electron chi connectivity index (χ3n) is 1.40. The summed E-state index contributed by atoms with van der Waals surface area (Å²) in [6.07, 6.45) is -7.06. The van der Waals surface area contributed by atoms with E-state index >= 15 is 0 Å². The minimum atomic E-state index is -4.42. The predicted molar refractivity (Wildman–Crippen MR) is 36.1 cm³/mol. The molecule has 1 N–H and O–H groups in total. The molecule has 0 heterocycles. The highest BCUT2D eigenvalue weighted by Gasteiger charge is 2.34. The van der Waals surface area contributed by atoms with Gasteiger partial charge in [-0.25, -0.2) is 0 Å². The zero-order valence-corrected chi connectivity index (χ0v) is 6.60. The van der Waals surface area contributed by atoms with Crippen molar-refractivity contribution in [3.63, 3.8) is 0 Å². The zero-order valence-electron chi connectivity index (χ0n) is 6.60. The number of halogens is 3. The minimum Gasteiger partial charge on any atom is -0.374 e. The molecular weight excluding hydrogens is 185 g/mol. The summed E-state index contributed by atoms with van der Waals surface area (Å²) in [5, 5.41) is 25.5. The van der Waals surface area contributed by atoms with Crippen LogP contribution in [0, 0.1) is 22.7 Å². The Bertz CT molecular complexity index is 250. The van der Waals surface area contributed by atoms with Crippen molar-refractivity contribution in [2.45, 2.75) is 31.0 Å². The quantitative estimate of drug-likeness (QED) is 0.689. The molecule has 0 amide bonds. The highest BCUT2D eigenvalue weighted by molar-refractivity contribution is 5.05. The van der Waals surface area contributed by atoms with E-state index in [1.807, 2.05) is 0 Å². The van der Waals surface area contributed by atoms with E-state index in [0.29, 0.717) is 0 Å². The molecule has 3 nitrogen and oxygen atoms in total. The normalized spacial score (nSPS) is 15.5. The van der Waals surface area contributed by atoms with E-state index in [2.05, 4.69) is 0 Å². The summed E-state index contributed by atoms with van der Waals surface area (Å²) in [6.45, 7) is 0. The monoisotopic (exact) mass is 192 g/mol. The molecule has 0 aromatic rings. The van der Waals surface area contributed by atoms with Crippen LogP contribution in [0.5, 0.6) is 0 Å². The number of hydrogen-bond donors (Lipinski definition) is 1. The largest absolute Gasteiger partial charge is 0.389 e. The standard InChI is InChI=1S/C7H7F3N2O/c8-7(9,10)2-1-6(13,5-12)3-4-11/h13H,1-3H2. The molecule has 0 aromatic heterocycles. The van der Waals surface area contributed by atoms with Crippen molar-refractivity contribution in [2.24, 2.45) is 0 Å². The first-order valence-corrected chi connectivity index (χ1v) is 3.40. The lowest BCUT2D eigenvalue weighted by atomic mass is 9.96. The van der Waals surface area contributed by atoms with Crippen LogP contribution in [0.2, 0.25) is 0 Å². The van der Waals surface area contributed by atoms with E-state index in [1.165, 1.54) is 12.1 Å². The Hall–Kier alpha value is -1.27. The van der Waals surface area contributed by atoms with Gasteiger partial charge in [0.2, 0.25) is 0 Å². The topological polar surface area (TPSA) is 67.8 Å². The molecule has 0 bridgehead atoms. The van der Waals surface area contributed by atoms with Gasteiger partial charge in [-0.2, -0.15) is 23.7 Å². The van der Waals surface area contributed by atoms with Crippen LogP contribution < -0.4 is 0 Å². The molecule has 0 fully saturated rings.